The number of carbonyl (C=O) groups is 2. The van der Waals surface area contributed by atoms with Crippen molar-refractivity contribution in [2.24, 2.45) is 4.99 Å². The third-order valence-electron chi connectivity index (χ3n) is 2.92. The number of halogens is 1. The topological polar surface area (TPSA) is 85.8 Å². The summed E-state index contributed by atoms with van der Waals surface area (Å²) in [5.74, 6) is 0.443. The molecule has 1 rings (SSSR count). The molecule has 0 unspecified atom stereocenters. The van der Waals surface area contributed by atoms with Crippen molar-refractivity contribution in [3.63, 3.8) is 0 Å². The van der Waals surface area contributed by atoms with Gasteiger partial charge in [-0.1, -0.05) is 12.1 Å². The minimum atomic E-state index is -0.108. The second kappa shape index (κ2) is 11.7. The molecule has 24 heavy (non-hydrogen) atoms. The van der Waals surface area contributed by atoms with E-state index in [1.54, 1.807) is 14.1 Å². The lowest BCUT2D eigenvalue weighted by molar-refractivity contribution is -0.127. The summed E-state index contributed by atoms with van der Waals surface area (Å²) in [6, 6.07) is 7.50. The minimum absolute atomic E-state index is 0. The van der Waals surface area contributed by atoms with Gasteiger partial charge in [0, 0.05) is 33.3 Å². The van der Waals surface area contributed by atoms with Crippen molar-refractivity contribution in [2.75, 3.05) is 32.5 Å². The molecule has 134 valence electrons. The monoisotopic (exact) mass is 447 g/mol. The molecule has 0 heterocycles. The largest absolute Gasteiger partial charge is 0.357 e. The maximum atomic E-state index is 11.6. The van der Waals surface area contributed by atoms with Gasteiger partial charge in [0.05, 0.1) is 13.1 Å². The van der Waals surface area contributed by atoms with Crippen LogP contribution in [0.25, 0.3) is 0 Å². The minimum Gasteiger partial charge on any atom is -0.357 e. The van der Waals surface area contributed by atoms with Gasteiger partial charge in [-0.25, -0.2) is 4.99 Å². The van der Waals surface area contributed by atoms with Crippen molar-refractivity contribution in [1.82, 2.24) is 15.5 Å². The summed E-state index contributed by atoms with van der Waals surface area (Å²) in [4.78, 5) is 28.7. The van der Waals surface area contributed by atoms with Crippen LogP contribution in [0.5, 0.6) is 0 Å². The number of nitrogens with zero attached hydrogens (tertiary/aromatic N) is 2. The fourth-order valence-electron chi connectivity index (χ4n) is 1.78. The van der Waals surface area contributed by atoms with Crippen molar-refractivity contribution in [3.05, 3.63) is 29.8 Å². The van der Waals surface area contributed by atoms with E-state index in [9.17, 15) is 9.59 Å². The van der Waals surface area contributed by atoms with Gasteiger partial charge in [0.25, 0.3) is 0 Å². The molecule has 1 aromatic carbocycles. The Balaban J connectivity index is 0.00000529. The molecule has 0 bridgehead atoms. The summed E-state index contributed by atoms with van der Waals surface area (Å²) in [6.45, 7) is 4.76. The Hall–Kier alpha value is -1.84. The molecule has 0 fully saturated rings. The van der Waals surface area contributed by atoms with Crippen molar-refractivity contribution >= 4 is 47.4 Å². The molecule has 0 aromatic heterocycles. The standard InChI is InChI=1S/C16H25N5O2.HI/c1-5-17-16(19-11-15(23)21(3)4)18-10-13-7-6-8-14(9-13)20-12(2)22;/h6-9H,5,10-11H2,1-4H3,(H,20,22)(H2,17,18,19);1H. The highest BCUT2D eigenvalue weighted by atomic mass is 127. The fraction of sp³-hybridized carbons (Fsp3) is 0.438. The Morgan fingerprint density at radius 3 is 2.50 bits per heavy atom. The van der Waals surface area contributed by atoms with Crippen LogP contribution in [0.15, 0.2) is 29.3 Å². The zero-order valence-corrected chi connectivity index (χ0v) is 16.9. The van der Waals surface area contributed by atoms with E-state index in [-0.39, 0.29) is 42.3 Å². The van der Waals surface area contributed by atoms with E-state index in [0.29, 0.717) is 19.0 Å². The average molecular weight is 447 g/mol. The molecule has 2 amide bonds. The van der Waals surface area contributed by atoms with Crippen LogP contribution in [0.2, 0.25) is 0 Å². The Kier molecular flexibility index (Phi) is 10.8. The van der Waals surface area contributed by atoms with Gasteiger partial charge in [0.15, 0.2) is 5.96 Å². The Bertz CT molecular complexity index is 575. The van der Waals surface area contributed by atoms with Crippen LogP contribution in [0.4, 0.5) is 5.69 Å². The van der Waals surface area contributed by atoms with Crippen LogP contribution in [-0.4, -0.2) is 49.9 Å². The van der Waals surface area contributed by atoms with Crippen LogP contribution in [0, 0.1) is 0 Å². The summed E-state index contributed by atoms with van der Waals surface area (Å²) in [5.41, 5.74) is 1.71. The molecule has 0 atom stereocenters. The Morgan fingerprint density at radius 1 is 1.21 bits per heavy atom. The second-order valence-corrected chi connectivity index (χ2v) is 5.22. The second-order valence-electron chi connectivity index (χ2n) is 5.22. The molecule has 0 saturated heterocycles. The van der Waals surface area contributed by atoms with E-state index in [2.05, 4.69) is 20.9 Å². The van der Waals surface area contributed by atoms with Gasteiger partial charge >= 0.3 is 0 Å². The summed E-state index contributed by atoms with van der Waals surface area (Å²) in [7, 11) is 3.42. The summed E-state index contributed by atoms with van der Waals surface area (Å²) >= 11 is 0. The molecule has 0 spiro atoms. The molecule has 1 aromatic rings. The van der Waals surface area contributed by atoms with E-state index in [1.807, 2.05) is 31.2 Å². The van der Waals surface area contributed by atoms with Crippen molar-refractivity contribution in [2.45, 2.75) is 20.4 Å². The van der Waals surface area contributed by atoms with Gasteiger partial charge in [-0.15, -0.1) is 24.0 Å². The quantitative estimate of drug-likeness (QED) is 0.350. The maximum Gasteiger partial charge on any atom is 0.241 e. The van der Waals surface area contributed by atoms with Crippen LogP contribution in [-0.2, 0) is 16.1 Å². The first-order valence-corrected chi connectivity index (χ1v) is 7.51. The van der Waals surface area contributed by atoms with E-state index in [0.717, 1.165) is 11.3 Å². The molecule has 0 aliphatic heterocycles. The SMILES string of the molecule is CCNC(=NCc1cccc(NC(C)=O)c1)NCC(=O)N(C)C.I. The number of amides is 2. The molecule has 3 N–H and O–H groups in total. The Morgan fingerprint density at radius 2 is 1.92 bits per heavy atom. The average Bonchev–Trinajstić information content (AvgIpc) is 2.49. The lowest BCUT2D eigenvalue weighted by Gasteiger charge is -2.14. The number of benzene rings is 1. The van der Waals surface area contributed by atoms with Gasteiger partial charge in [-0.2, -0.15) is 0 Å². The van der Waals surface area contributed by atoms with Crippen LogP contribution in [0.1, 0.15) is 19.4 Å². The summed E-state index contributed by atoms with van der Waals surface area (Å²) in [5, 5.41) is 8.83. The van der Waals surface area contributed by atoms with Crippen LogP contribution >= 0.6 is 24.0 Å². The third kappa shape index (κ3) is 8.70. The molecule has 0 saturated carbocycles. The number of rotatable bonds is 6. The van der Waals surface area contributed by atoms with E-state index in [1.165, 1.54) is 11.8 Å². The highest BCUT2D eigenvalue weighted by Crippen LogP contribution is 2.11. The zero-order chi connectivity index (χ0) is 17.2. The van der Waals surface area contributed by atoms with Gasteiger partial charge in [-0.05, 0) is 24.6 Å². The zero-order valence-electron chi connectivity index (χ0n) is 14.5. The molecular weight excluding hydrogens is 421 g/mol. The highest BCUT2D eigenvalue weighted by Gasteiger charge is 2.05. The van der Waals surface area contributed by atoms with Gasteiger partial charge in [0.2, 0.25) is 11.8 Å². The number of aliphatic imine (C=N–C) groups is 1. The van der Waals surface area contributed by atoms with Gasteiger partial charge in [-0.3, -0.25) is 9.59 Å². The maximum absolute atomic E-state index is 11.6. The number of guanidine groups is 1. The molecular formula is C16H26IN5O2. The van der Waals surface area contributed by atoms with E-state index < -0.39 is 0 Å². The first-order valence-electron chi connectivity index (χ1n) is 7.51. The fourth-order valence-corrected chi connectivity index (χ4v) is 1.78. The number of nitrogens with one attached hydrogen (secondary N) is 3. The first kappa shape index (κ1) is 22.2. The van der Waals surface area contributed by atoms with Gasteiger partial charge < -0.3 is 20.9 Å². The third-order valence-corrected chi connectivity index (χ3v) is 2.92. The van der Waals surface area contributed by atoms with Crippen LogP contribution < -0.4 is 16.0 Å². The van der Waals surface area contributed by atoms with Crippen molar-refractivity contribution < 1.29 is 9.59 Å². The van der Waals surface area contributed by atoms with Gasteiger partial charge in [0.1, 0.15) is 0 Å². The Labute approximate surface area is 160 Å². The molecule has 0 aliphatic carbocycles. The number of hydrogen-bond acceptors (Lipinski definition) is 3. The lowest BCUT2D eigenvalue weighted by atomic mass is 10.2. The van der Waals surface area contributed by atoms with Crippen molar-refractivity contribution in [1.29, 1.82) is 0 Å². The first-order chi connectivity index (χ1) is 10.9. The lowest BCUT2D eigenvalue weighted by Crippen LogP contribution is -2.42. The molecule has 7 nitrogen and oxygen atoms in total. The smallest absolute Gasteiger partial charge is 0.241 e. The predicted octanol–water partition coefficient (Wildman–Crippen LogP) is 1.41. The van der Waals surface area contributed by atoms with E-state index in [4.69, 9.17) is 0 Å². The molecule has 0 aliphatic rings. The number of likely N-dealkylation sites (N-methyl/N-ethyl adjacent to an activating group) is 1. The summed E-state index contributed by atoms with van der Waals surface area (Å²) in [6.07, 6.45) is 0. The predicted molar refractivity (Wildman–Crippen MR) is 108 cm³/mol. The molecule has 8 heteroatoms. The number of carbonyl (C=O) groups excluding carboxylic acids is 2. The molecule has 0 radical (unpaired) electrons. The van der Waals surface area contributed by atoms with E-state index >= 15 is 0 Å². The highest BCUT2D eigenvalue weighted by molar-refractivity contribution is 14.0. The summed E-state index contributed by atoms with van der Waals surface area (Å²) < 4.78 is 0. The number of anilines is 1. The van der Waals surface area contributed by atoms with Crippen molar-refractivity contribution in [3.8, 4) is 0 Å². The number of hydrogen-bond donors (Lipinski definition) is 3. The van der Waals surface area contributed by atoms with Crippen LogP contribution in [0.3, 0.4) is 0 Å². The normalized spacial score (nSPS) is 10.4.